The van der Waals surface area contributed by atoms with E-state index in [1.54, 1.807) is 0 Å². The highest BCUT2D eigenvalue weighted by molar-refractivity contribution is 7.12. The molecule has 0 aliphatic carbocycles. The number of carbonyl (C=O) groups excluding carboxylic acids is 1. The molecule has 1 fully saturated rings. The van der Waals surface area contributed by atoms with Crippen molar-refractivity contribution in [1.82, 2.24) is 4.90 Å². The largest absolute Gasteiger partial charge is 0.394 e. The van der Waals surface area contributed by atoms with Crippen molar-refractivity contribution in [2.75, 3.05) is 26.2 Å². The number of aliphatic hydroxyl groups excluding tert-OH is 1. The second-order valence-electron chi connectivity index (χ2n) is 5.25. The van der Waals surface area contributed by atoms with Crippen molar-refractivity contribution in [3.8, 4) is 0 Å². The molecule has 18 heavy (non-hydrogen) atoms. The minimum absolute atomic E-state index is 0.00682. The zero-order chi connectivity index (χ0) is 13.2. The van der Waals surface area contributed by atoms with Crippen LogP contribution in [0.4, 0.5) is 0 Å². The van der Waals surface area contributed by atoms with Gasteiger partial charge >= 0.3 is 0 Å². The van der Waals surface area contributed by atoms with Crippen LogP contribution in [0.3, 0.4) is 0 Å². The summed E-state index contributed by atoms with van der Waals surface area (Å²) >= 11 is 1.47. The SMILES string of the molecule is CC1(C)CN(CC(=O)c2cccs2)CC(CO)O1. The molecule has 4 nitrogen and oxygen atoms in total. The van der Waals surface area contributed by atoms with Crippen LogP contribution < -0.4 is 0 Å². The fraction of sp³-hybridized carbons (Fsp3) is 0.615. The van der Waals surface area contributed by atoms with Crippen molar-refractivity contribution < 1.29 is 14.6 Å². The van der Waals surface area contributed by atoms with E-state index < -0.39 is 0 Å². The van der Waals surface area contributed by atoms with Gasteiger partial charge in [-0.05, 0) is 25.3 Å². The first-order valence-corrected chi connectivity index (χ1v) is 6.96. The van der Waals surface area contributed by atoms with Crippen LogP contribution >= 0.6 is 11.3 Å². The van der Waals surface area contributed by atoms with E-state index in [0.717, 1.165) is 4.88 Å². The molecule has 1 aromatic rings. The number of morpholine rings is 1. The summed E-state index contributed by atoms with van der Waals surface area (Å²) in [6.45, 7) is 5.67. The molecule has 1 aliphatic heterocycles. The molecule has 1 N–H and O–H groups in total. The molecule has 1 unspecified atom stereocenters. The fourth-order valence-electron chi connectivity index (χ4n) is 2.35. The van der Waals surface area contributed by atoms with Gasteiger partial charge in [-0.3, -0.25) is 9.69 Å². The fourth-order valence-corrected chi connectivity index (χ4v) is 3.01. The molecule has 0 saturated carbocycles. The Labute approximate surface area is 111 Å². The highest BCUT2D eigenvalue weighted by Crippen LogP contribution is 2.21. The second-order valence-corrected chi connectivity index (χ2v) is 6.20. The molecule has 1 saturated heterocycles. The van der Waals surface area contributed by atoms with E-state index in [2.05, 4.69) is 4.90 Å². The highest BCUT2D eigenvalue weighted by atomic mass is 32.1. The van der Waals surface area contributed by atoms with E-state index in [0.29, 0.717) is 19.6 Å². The van der Waals surface area contributed by atoms with Gasteiger partial charge in [0.2, 0.25) is 0 Å². The maximum absolute atomic E-state index is 12.0. The third kappa shape index (κ3) is 3.38. The predicted octanol–water partition coefficient (Wildman–Crippen LogP) is 1.40. The highest BCUT2D eigenvalue weighted by Gasteiger charge is 2.33. The number of hydrogen-bond donors (Lipinski definition) is 1. The smallest absolute Gasteiger partial charge is 0.186 e. The van der Waals surface area contributed by atoms with Crippen molar-refractivity contribution in [1.29, 1.82) is 0 Å². The number of rotatable bonds is 4. The third-order valence-corrected chi connectivity index (χ3v) is 3.83. The molecule has 5 heteroatoms. The lowest BCUT2D eigenvalue weighted by molar-refractivity contribution is -0.146. The number of hydrogen-bond acceptors (Lipinski definition) is 5. The maximum Gasteiger partial charge on any atom is 0.186 e. The maximum atomic E-state index is 12.0. The van der Waals surface area contributed by atoms with Gasteiger partial charge in [-0.15, -0.1) is 11.3 Å². The van der Waals surface area contributed by atoms with Gasteiger partial charge in [-0.1, -0.05) is 6.07 Å². The molecule has 2 heterocycles. The molecule has 0 amide bonds. The minimum atomic E-state index is -0.318. The van der Waals surface area contributed by atoms with Crippen molar-refractivity contribution in [2.45, 2.75) is 25.6 Å². The lowest BCUT2D eigenvalue weighted by Gasteiger charge is -2.42. The zero-order valence-corrected chi connectivity index (χ0v) is 11.6. The van der Waals surface area contributed by atoms with Gasteiger partial charge in [0.25, 0.3) is 0 Å². The number of Topliss-reactive ketones (excluding diaryl/α,β-unsaturated/α-hetero) is 1. The molecular weight excluding hydrogens is 250 g/mol. The van der Waals surface area contributed by atoms with Gasteiger partial charge < -0.3 is 9.84 Å². The van der Waals surface area contributed by atoms with Crippen molar-refractivity contribution in [2.24, 2.45) is 0 Å². The second kappa shape index (κ2) is 5.48. The van der Waals surface area contributed by atoms with E-state index in [1.807, 2.05) is 31.4 Å². The molecule has 2 rings (SSSR count). The quantitative estimate of drug-likeness (QED) is 0.840. The first-order chi connectivity index (χ1) is 8.50. The summed E-state index contributed by atoms with van der Waals surface area (Å²) in [5.41, 5.74) is -0.318. The molecule has 0 bridgehead atoms. The number of carbonyl (C=O) groups is 1. The number of thiophene rings is 1. The Morgan fingerprint density at radius 2 is 2.44 bits per heavy atom. The van der Waals surface area contributed by atoms with Crippen LogP contribution in [0.5, 0.6) is 0 Å². The average Bonchev–Trinajstić information content (AvgIpc) is 2.80. The standard InChI is InChI=1S/C13H19NO3S/c1-13(2)9-14(6-10(8-15)17-13)7-11(16)12-4-3-5-18-12/h3-5,10,15H,6-9H2,1-2H3. The Kier molecular flexibility index (Phi) is 4.17. The summed E-state index contributed by atoms with van der Waals surface area (Å²) in [5, 5.41) is 11.1. The van der Waals surface area contributed by atoms with Gasteiger partial charge in [-0.25, -0.2) is 0 Å². The predicted molar refractivity (Wildman–Crippen MR) is 71.1 cm³/mol. The lowest BCUT2D eigenvalue weighted by atomic mass is 10.0. The molecule has 0 spiro atoms. The lowest BCUT2D eigenvalue weighted by Crippen LogP contribution is -2.54. The summed E-state index contributed by atoms with van der Waals surface area (Å²) in [5.74, 6) is 0.138. The normalized spacial score (nSPS) is 24.1. The van der Waals surface area contributed by atoms with Crippen LogP contribution in [-0.2, 0) is 4.74 Å². The summed E-state index contributed by atoms with van der Waals surface area (Å²) in [6, 6.07) is 3.74. The van der Waals surface area contributed by atoms with Crippen molar-refractivity contribution >= 4 is 17.1 Å². The summed E-state index contributed by atoms with van der Waals surface area (Å²) < 4.78 is 5.73. The van der Waals surface area contributed by atoms with E-state index in [4.69, 9.17) is 4.74 Å². The van der Waals surface area contributed by atoms with Gasteiger partial charge in [0.15, 0.2) is 5.78 Å². The van der Waals surface area contributed by atoms with Gasteiger partial charge in [0.05, 0.1) is 29.7 Å². The van der Waals surface area contributed by atoms with Crippen LogP contribution in [0.15, 0.2) is 17.5 Å². The Morgan fingerprint density at radius 3 is 3.06 bits per heavy atom. The molecular formula is C13H19NO3S. The number of ether oxygens (including phenoxy) is 1. The topological polar surface area (TPSA) is 49.8 Å². The molecule has 100 valence electrons. The first-order valence-electron chi connectivity index (χ1n) is 6.08. The van der Waals surface area contributed by atoms with Crippen LogP contribution in [0.1, 0.15) is 23.5 Å². The molecule has 1 aromatic heterocycles. The Bertz CT molecular complexity index is 402. The molecule has 0 aromatic carbocycles. The summed E-state index contributed by atoms with van der Waals surface area (Å²) in [6.07, 6.45) is -0.204. The number of aliphatic hydroxyl groups is 1. The molecule has 1 atom stereocenters. The van der Waals surface area contributed by atoms with Crippen molar-refractivity contribution in [3.63, 3.8) is 0 Å². The zero-order valence-electron chi connectivity index (χ0n) is 10.8. The Hall–Kier alpha value is -0.750. The monoisotopic (exact) mass is 269 g/mol. The third-order valence-electron chi connectivity index (χ3n) is 2.92. The summed E-state index contributed by atoms with van der Waals surface area (Å²) in [7, 11) is 0. The van der Waals surface area contributed by atoms with Gasteiger partial charge in [0.1, 0.15) is 0 Å². The van der Waals surface area contributed by atoms with Crippen LogP contribution in [0, 0.1) is 0 Å². The molecule has 0 radical (unpaired) electrons. The Morgan fingerprint density at radius 1 is 1.67 bits per heavy atom. The number of nitrogens with zero attached hydrogens (tertiary/aromatic N) is 1. The van der Waals surface area contributed by atoms with Gasteiger partial charge in [-0.2, -0.15) is 0 Å². The van der Waals surface area contributed by atoms with Crippen LogP contribution in [0.25, 0.3) is 0 Å². The van der Waals surface area contributed by atoms with Crippen LogP contribution in [0.2, 0.25) is 0 Å². The first kappa shape index (κ1) is 13.7. The van der Waals surface area contributed by atoms with Gasteiger partial charge in [0, 0.05) is 13.1 Å². The van der Waals surface area contributed by atoms with Crippen molar-refractivity contribution in [3.05, 3.63) is 22.4 Å². The van der Waals surface area contributed by atoms with Crippen LogP contribution in [-0.4, -0.2) is 53.7 Å². The van der Waals surface area contributed by atoms with E-state index >= 15 is 0 Å². The average molecular weight is 269 g/mol. The Balaban J connectivity index is 1.98. The summed E-state index contributed by atoms with van der Waals surface area (Å²) in [4.78, 5) is 14.9. The van der Waals surface area contributed by atoms with E-state index in [-0.39, 0.29) is 24.1 Å². The minimum Gasteiger partial charge on any atom is -0.394 e. The van der Waals surface area contributed by atoms with E-state index in [1.165, 1.54) is 11.3 Å². The number of ketones is 1. The van der Waals surface area contributed by atoms with E-state index in [9.17, 15) is 9.90 Å². The molecule has 1 aliphatic rings.